The Hall–Kier alpha value is -0.930. The summed E-state index contributed by atoms with van der Waals surface area (Å²) in [6.07, 6.45) is 0. The van der Waals surface area contributed by atoms with Crippen LogP contribution in [-0.2, 0) is 0 Å². The lowest BCUT2D eigenvalue weighted by Crippen LogP contribution is -1.84. The molecule has 1 heterocycles. The van der Waals surface area contributed by atoms with Gasteiger partial charge in [-0.1, -0.05) is 11.6 Å². The topological polar surface area (TPSA) is 46.2 Å². The number of thiophene rings is 1. The molecule has 2 aromatic rings. The first-order chi connectivity index (χ1) is 5.70. The number of nitrogen functional groups attached to an aromatic ring is 1. The zero-order valence-corrected chi connectivity index (χ0v) is 7.62. The number of nitrogens with two attached hydrogens (primary N) is 1. The van der Waals surface area contributed by atoms with Crippen LogP contribution in [0.15, 0.2) is 17.5 Å². The van der Waals surface area contributed by atoms with Crippen LogP contribution in [0.3, 0.4) is 0 Å². The molecule has 2 rings (SSSR count). The molecule has 0 unspecified atom stereocenters. The Balaban J connectivity index is 2.97. The molecule has 0 radical (unpaired) electrons. The van der Waals surface area contributed by atoms with Crippen LogP contribution < -0.4 is 5.73 Å². The highest BCUT2D eigenvalue weighted by Gasteiger charge is 2.08. The van der Waals surface area contributed by atoms with Gasteiger partial charge in [-0.05, 0) is 17.5 Å². The lowest BCUT2D eigenvalue weighted by Gasteiger charge is -2.00. The molecule has 0 aliphatic rings. The van der Waals surface area contributed by atoms with Gasteiger partial charge in [-0.2, -0.15) is 0 Å². The van der Waals surface area contributed by atoms with Crippen LogP contribution in [0.25, 0.3) is 10.1 Å². The van der Waals surface area contributed by atoms with Crippen LogP contribution in [0.1, 0.15) is 0 Å². The number of aromatic hydroxyl groups is 1. The lowest BCUT2D eigenvalue weighted by atomic mass is 10.2. The van der Waals surface area contributed by atoms with Gasteiger partial charge in [0.25, 0.3) is 0 Å². The van der Waals surface area contributed by atoms with Crippen LogP contribution >= 0.6 is 22.9 Å². The van der Waals surface area contributed by atoms with Crippen LogP contribution in [0, 0.1) is 0 Å². The number of fused-ring (bicyclic) bond motifs is 1. The smallest absolute Gasteiger partial charge is 0.156 e. The molecule has 3 N–H and O–H groups in total. The van der Waals surface area contributed by atoms with Crippen molar-refractivity contribution in [2.45, 2.75) is 0 Å². The fraction of sp³-hybridized carbons (Fsp3) is 0. The standard InChI is InChI=1S/C8H6ClNOS/c9-5-3-6(10)7(11)8-4(5)1-2-12-8/h1-3,11H,10H2. The second kappa shape index (κ2) is 2.54. The Morgan fingerprint density at radius 1 is 1.50 bits per heavy atom. The van der Waals surface area contributed by atoms with Crippen LogP contribution in [-0.4, -0.2) is 5.11 Å². The maximum absolute atomic E-state index is 9.50. The first-order valence-electron chi connectivity index (χ1n) is 3.34. The van der Waals surface area contributed by atoms with E-state index in [9.17, 15) is 5.11 Å². The van der Waals surface area contributed by atoms with E-state index < -0.39 is 0 Å². The molecule has 4 heteroatoms. The maximum atomic E-state index is 9.50. The summed E-state index contributed by atoms with van der Waals surface area (Å²) in [4.78, 5) is 0. The van der Waals surface area contributed by atoms with E-state index in [1.54, 1.807) is 6.07 Å². The van der Waals surface area contributed by atoms with Gasteiger partial charge in [0.05, 0.1) is 15.4 Å². The summed E-state index contributed by atoms with van der Waals surface area (Å²) in [6.45, 7) is 0. The van der Waals surface area contributed by atoms with E-state index in [1.165, 1.54) is 11.3 Å². The van der Waals surface area contributed by atoms with Gasteiger partial charge in [0, 0.05) is 5.39 Å². The summed E-state index contributed by atoms with van der Waals surface area (Å²) in [7, 11) is 0. The molecule has 0 fully saturated rings. The fourth-order valence-corrected chi connectivity index (χ4v) is 2.30. The first kappa shape index (κ1) is 7.71. The number of anilines is 1. The molecule has 0 spiro atoms. The minimum absolute atomic E-state index is 0.129. The maximum Gasteiger partial charge on any atom is 0.156 e. The molecule has 0 amide bonds. The molecule has 2 nitrogen and oxygen atoms in total. The van der Waals surface area contributed by atoms with Gasteiger partial charge in [-0.25, -0.2) is 0 Å². The number of hydrogen-bond donors (Lipinski definition) is 2. The van der Waals surface area contributed by atoms with Crippen molar-refractivity contribution in [1.29, 1.82) is 0 Å². The van der Waals surface area contributed by atoms with Crippen molar-refractivity contribution in [3.63, 3.8) is 0 Å². The third-order valence-electron chi connectivity index (χ3n) is 1.69. The molecule has 0 saturated heterocycles. The van der Waals surface area contributed by atoms with Gasteiger partial charge in [0.2, 0.25) is 0 Å². The van der Waals surface area contributed by atoms with Gasteiger partial charge < -0.3 is 10.8 Å². The summed E-state index contributed by atoms with van der Waals surface area (Å²) in [5.41, 5.74) is 5.85. The molecular formula is C8H6ClNOS. The number of phenols is 1. The normalized spacial score (nSPS) is 10.8. The van der Waals surface area contributed by atoms with Crippen LogP contribution in [0.4, 0.5) is 5.69 Å². The summed E-state index contributed by atoms with van der Waals surface area (Å²) >= 11 is 7.32. The number of halogens is 1. The molecule has 0 atom stereocenters. The van der Waals surface area contributed by atoms with Crippen molar-refractivity contribution in [3.05, 3.63) is 22.5 Å². The Morgan fingerprint density at radius 3 is 3.00 bits per heavy atom. The number of hydrogen-bond acceptors (Lipinski definition) is 3. The third kappa shape index (κ3) is 0.940. The van der Waals surface area contributed by atoms with Gasteiger partial charge >= 0.3 is 0 Å². The van der Waals surface area contributed by atoms with Gasteiger partial charge in [-0.15, -0.1) is 11.3 Å². The second-order valence-electron chi connectivity index (χ2n) is 2.46. The Morgan fingerprint density at radius 2 is 2.25 bits per heavy atom. The largest absolute Gasteiger partial charge is 0.504 e. The quantitative estimate of drug-likeness (QED) is 0.506. The molecule has 12 heavy (non-hydrogen) atoms. The van der Waals surface area contributed by atoms with Crippen molar-refractivity contribution < 1.29 is 5.11 Å². The van der Waals surface area contributed by atoms with Crippen molar-refractivity contribution >= 4 is 38.7 Å². The predicted octanol–water partition coefficient (Wildman–Crippen LogP) is 2.84. The zero-order valence-electron chi connectivity index (χ0n) is 6.04. The zero-order chi connectivity index (χ0) is 8.72. The summed E-state index contributed by atoms with van der Waals surface area (Å²) in [6, 6.07) is 3.42. The van der Waals surface area contributed by atoms with Crippen molar-refractivity contribution in [2.24, 2.45) is 0 Å². The second-order valence-corrected chi connectivity index (χ2v) is 3.78. The predicted molar refractivity (Wildman–Crippen MR) is 52.9 cm³/mol. The minimum atomic E-state index is 0.129. The van der Waals surface area contributed by atoms with Gasteiger partial charge in [0.1, 0.15) is 0 Å². The van der Waals surface area contributed by atoms with Crippen molar-refractivity contribution in [3.8, 4) is 5.75 Å². The summed E-state index contributed by atoms with van der Waals surface area (Å²) in [5.74, 6) is 0.129. The SMILES string of the molecule is Nc1cc(Cl)c2ccsc2c1O. The molecule has 0 aliphatic carbocycles. The minimum Gasteiger partial charge on any atom is -0.504 e. The Bertz CT molecular complexity index is 438. The monoisotopic (exact) mass is 199 g/mol. The highest BCUT2D eigenvalue weighted by molar-refractivity contribution is 7.17. The molecule has 0 bridgehead atoms. The molecular weight excluding hydrogens is 194 g/mol. The number of benzene rings is 1. The van der Waals surface area contributed by atoms with E-state index in [2.05, 4.69) is 0 Å². The highest BCUT2D eigenvalue weighted by Crippen LogP contribution is 2.38. The van der Waals surface area contributed by atoms with E-state index in [1.807, 2.05) is 11.4 Å². The average molecular weight is 200 g/mol. The van der Waals surface area contributed by atoms with Crippen LogP contribution in [0.5, 0.6) is 5.75 Å². The number of rotatable bonds is 0. The first-order valence-corrected chi connectivity index (χ1v) is 4.60. The fourth-order valence-electron chi connectivity index (χ4n) is 1.09. The van der Waals surface area contributed by atoms with Gasteiger partial charge in [0.15, 0.2) is 5.75 Å². The lowest BCUT2D eigenvalue weighted by molar-refractivity contribution is 0.485. The highest BCUT2D eigenvalue weighted by atomic mass is 35.5. The summed E-state index contributed by atoms with van der Waals surface area (Å²) in [5, 5.41) is 12.8. The van der Waals surface area contributed by atoms with Crippen molar-refractivity contribution in [1.82, 2.24) is 0 Å². The molecule has 0 aliphatic heterocycles. The number of phenolic OH excluding ortho intramolecular Hbond substituents is 1. The molecule has 1 aromatic heterocycles. The van der Waals surface area contributed by atoms with Crippen LogP contribution in [0.2, 0.25) is 5.02 Å². The van der Waals surface area contributed by atoms with E-state index in [0.717, 1.165) is 10.1 Å². The molecule has 62 valence electrons. The van der Waals surface area contributed by atoms with E-state index in [4.69, 9.17) is 17.3 Å². The third-order valence-corrected chi connectivity index (χ3v) is 2.93. The van der Waals surface area contributed by atoms with E-state index in [0.29, 0.717) is 10.7 Å². The van der Waals surface area contributed by atoms with E-state index >= 15 is 0 Å². The van der Waals surface area contributed by atoms with Gasteiger partial charge in [-0.3, -0.25) is 0 Å². The Kier molecular flexibility index (Phi) is 1.63. The molecule has 1 aromatic carbocycles. The average Bonchev–Trinajstić information content (AvgIpc) is 2.48. The van der Waals surface area contributed by atoms with E-state index in [-0.39, 0.29) is 5.75 Å². The summed E-state index contributed by atoms with van der Waals surface area (Å²) < 4.78 is 0.750. The van der Waals surface area contributed by atoms with Crippen molar-refractivity contribution in [2.75, 3.05) is 5.73 Å². The molecule has 0 saturated carbocycles. The Labute approximate surface area is 78.2 Å².